The number of H-pyrrole nitrogens is 1. The number of anilines is 1. The number of methoxy groups -OCH3 is 1. The highest BCUT2D eigenvalue weighted by atomic mass is 35.5. The third-order valence-electron chi connectivity index (χ3n) is 7.33. The first-order valence-corrected chi connectivity index (χ1v) is 17.4. The summed E-state index contributed by atoms with van der Waals surface area (Å²) in [4.78, 5) is 25.4. The minimum Gasteiger partial charge on any atom is -0.490 e. The number of nitrogens with zero attached hydrogens (tertiary/aromatic N) is 2. The summed E-state index contributed by atoms with van der Waals surface area (Å²) in [5.41, 5.74) is 3.75. The van der Waals surface area contributed by atoms with Crippen molar-refractivity contribution in [1.29, 1.82) is 0 Å². The zero-order chi connectivity index (χ0) is 35.3. The van der Waals surface area contributed by atoms with Crippen molar-refractivity contribution in [2.75, 3.05) is 38.9 Å². The van der Waals surface area contributed by atoms with Crippen LogP contribution in [0.15, 0.2) is 101 Å². The van der Waals surface area contributed by atoms with Gasteiger partial charge in [0.15, 0.2) is 23.0 Å². The zero-order valence-corrected chi connectivity index (χ0v) is 31.0. The molecule has 51 heavy (non-hydrogen) atoms. The van der Waals surface area contributed by atoms with E-state index in [-0.39, 0.29) is 12.4 Å². The number of fused-ring (bicyclic) bond motifs is 2. The minimum atomic E-state index is -0.548. The van der Waals surface area contributed by atoms with Gasteiger partial charge in [-0.1, -0.05) is 36.0 Å². The fourth-order valence-electron chi connectivity index (χ4n) is 5.20. The molecule has 1 amide bonds. The summed E-state index contributed by atoms with van der Waals surface area (Å²) in [5.74, 6) is 3.42. The second-order valence-corrected chi connectivity index (χ2v) is 11.9. The molecule has 6 aromatic rings. The Balaban J connectivity index is 0.000000235. The van der Waals surface area contributed by atoms with Crippen LogP contribution in [0.1, 0.15) is 39.0 Å². The molecule has 0 aliphatic carbocycles. The third kappa shape index (κ3) is 10.4. The second kappa shape index (κ2) is 19.3. The van der Waals surface area contributed by atoms with Crippen LogP contribution < -0.4 is 24.3 Å². The van der Waals surface area contributed by atoms with Gasteiger partial charge in [-0.3, -0.25) is 10.3 Å². The highest BCUT2D eigenvalue weighted by Crippen LogP contribution is 2.35. The molecule has 0 spiro atoms. The Bertz CT molecular complexity index is 2020. The number of hydrogen-bond acceptors (Lipinski definition) is 9. The number of pyridine rings is 1. The summed E-state index contributed by atoms with van der Waals surface area (Å²) >= 11 is 1.67. The molecule has 4 aromatic carbocycles. The molecule has 0 radical (unpaired) electrons. The molecule has 0 bridgehead atoms. The van der Waals surface area contributed by atoms with Crippen LogP contribution in [0.25, 0.3) is 21.8 Å². The van der Waals surface area contributed by atoms with E-state index >= 15 is 0 Å². The van der Waals surface area contributed by atoms with Crippen LogP contribution in [0.4, 0.5) is 10.7 Å². The van der Waals surface area contributed by atoms with Crippen LogP contribution in [-0.4, -0.2) is 54.6 Å². The summed E-state index contributed by atoms with van der Waals surface area (Å²) in [6.07, 6.45) is 1.97. The van der Waals surface area contributed by atoms with Crippen molar-refractivity contribution < 1.29 is 28.5 Å². The predicted molar refractivity (Wildman–Crippen MR) is 206 cm³/mol. The number of carbonyl (C=O) groups excluding carboxylic acids is 1. The molecule has 6 rings (SSSR count). The average molecular weight is 731 g/mol. The molecule has 0 saturated heterocycles. The number of benzene rings is 4. The van der Waals surface area contributed by atoms with Gasteiger partial charge in [-0.05, 0) is 99.3 Å². The standard InChI is InChI=1S/C24H29NO4.C15H13N3O2S.ClH/c1-5-26-21-10-9-17(14-22(21)27-6-2)13-20-19-16-24(29-8-4)23(28-7-3)15-18(19)11-12-25-20;1-20-15(19)18-14-16-12-8-7-11(9-13(12)17-14)21-10-5-3-2-4-6-10;/h9-12,14-16H,5-8,13H2,1-4H3;2-9H,1H3,(H2,16,17,18,19);1H. The normalized spacial score (nSPS) is 10.5. The number of aromatic amines is 1. The molecule has 10 nitrogen and oxygen atoms in total. The number of hydrogen-bond donors (Lipinski definition) is 2. The van der Waals surface area contributed by atoms with Gasteiger partial charge in [0.25, 0.3) is 0 Å². The Kier molecular flexibility index (Phi) is 14.6. The van der Waals surface area contributed by atoms with Gasteiger partial charge in [0.2, 0.25) is 5.95 Å². The maximum Gasteiger partial charge on any atom is 0.413 e. The van der Waals surface area contributed by atoms with Crippen LogP contribution in [0.3, 0.4) is 0 Å². The van der Waals surface area contributed by atoms with Crippen molar-refractivity contribution in [3.8, 4) is 23.0 Å². The van der Waals surface area contributed by atoms with Crippen LogP contribution in [0, 0.1) is 0 Å². The van der Waals surface area contributed by atoms with E-state index in [0.717, 1.165) is 61.0 Å². The van der Waals surface area contributed by atoms with E-state index in [4.69, 9.17) is 18.9 Å². The SMILES string of the molecule is CCOc1ccc(Cc2nccc3cc(OCC)c(OCC)cc23)cc1OCC.COC(=O)Nc1nc2ccc(Sc3ccccc3)cc2[nH]1.Cl. The van der Waals surface area contributed by atoms with Crippen molar-refractivity contribution >= 4 is 58.0 Å². The van der Waals surface area contributed by atoms with E-state index in [1.165, 1.54) is 12.0 Å². The first-order chi connectivity index (χ1) is 24.4. The van der Waals surface area contributed by atoms with E-state index in [0.29, 0.717) is 38.8 Å². The van der Waals surface area contributed by atoms with Crippen LogP contribution in [-0.2, 0) is 11.2 Å². The molecule has 268 valence electrons. The Hall–Kier alpha value is -5.13. The molecule has 2 N–H and O–H groups in total. The highest BCUT2D eigenvalue weighted by Gasteiger charge is 2.13. The summed E-state index contributed by atoms with van der Waals surface area (Å²) < 4.78 is 27.5. The quantitative estimate of drug-likeness (QED) is 0.120. The molecular formula is C39H43ClN4O6S. The average Bonchev–Trinajstić information content (AvgIpc) is 3.52. The van der Waals surface area contributed by atoms with Crippen LogP contribution in [0.5, 0.6) is 23.0 Å². The lowest BCUT2D eigenvalue weighted by molar-refractivity contribution is 0.186. The van der Waals surface area contributed by atoms with Gasteiger partial charge in [-0.15, -0.1) is 12.4 Å². The summed E-state index contributed by atoms with van der Waals surface area (Å²) in [6, 6.07) is 28.2. The van der Waals surface area contributed by atoms with E-state index < -0.39 is 6.09 Å². The summed E-state index contributed by atoms with van der Waals surface area (Å²) in [6.45, 7) is 10.3. The number of halogens is 1. The lowest BCUT2D eigenvalue weighted by Crippen LogP contribution is -2.11. The molecule has 0 saturated carbocycles. The van der Waals surface area contributed by atoms with Crippen molar-refractivity contribution in [3.63, 3.8) is 0 Å². The molecule has 0 aliphatic rings. The van der Waals surface area contributed by atoms with E-state index in [1.807, 2.05) is 101 Å². The molecule has 0 unspecified atom stereocenters. The Morgan fingerprint density at radius 1 is 0.745 bits per heavy atom. The summed E-state index contributed by atoms with van der Waals surface area (Å²) in [5, 5.41) is 4.66. The number of aromatic nitrogens is 3. The smallest absolute Gasteiger partial charge is 0.413 e. The molecule has 0 aliphatic heterocycles. The molecule has 2 heterocycles. The van der Waals surface area contributed by atoms with Gasteiger partial charge in [-0.2, -0.15) is 0 Å². The topological polar surface area (TPSA) is 117 Å². The predicted octanol–water partition coefficient (Wildman–Crippen LogP) is 9.73. The Labute approximate surface area is 308 Å². The first-order valence-electron chi connectivity index (χ1n) is 16.6. The fraction of sp³-hybridized carbons (Fsp3) is 0.256. The molecule has 2 aromatic heterocycles. The second-order valence-electron chi connectivity index (χ2n) is 10.8. The van der Waals surface area contributed by atoms with Gasteiger partial charge < -0.3 is 28.7 Å². The molecular weight excluding hydrogens is 688 g/mol. The van der Waals surface area contributed by atoms with E-state index in [1.54, 1.807) is 11.8 Å². The highest BCUT2D eigenvalue weighted by molar-refractivity contribution is 7.99. The molecule has 0 atom stereocenters. The fourth-order valence-corrected chi connectivity index (χ4v) is 6.08. The van der Waals surface area contributed by atoms with E-state index in [2.05, 4.69) is 43.2 Å². The van der Waals surface area contributed by atoms with Gasteiger partial charge >= 0.3 is 6.09 Å². The Morgan fingerprint density at radius 3 is 2.10 bits per heavy atom. The largest absolute Gasteiger partial charge is 0.490 e. The monoisotopic (exact) mass is 730 g/mol. The van der Waals surface area contributed by atoms with Crippen LogP contribution in [0.2, 0.25) is 0 Å². The van der Waals surface area contributed by atoms with Gasteiger partial charge in [0.1, 0.15) is 0 Å². The zero-order valence-electron chi connectivity index (χ0n) is 29.4. The van der Waals surface area contributed by atoms with Crippen molar-refractivity contribution in [3.05, 3.63) is 102 Å². The summed E-state index contributed by atoms with van der Waals surface area (Å²) in [7, 11) is 1.31. The van der Waals surface area contributed by atoms with Crippen molar-refractivity contribution in [2.45, 2.75) is 43.9 Å². The number of carbonyl (C=O) groups is 1. The maximum atomic E-state index is 11.2. The number of imidazole rings is 1. The lowest BCUT2D eigenvalue weighted by atomic mass is 10.0. The number of ether oxygens (including phenoxy) is 5. The minimum absolute atomic E-state index is 0. The third-order valence-corrected chi connectivity index (χ3v) is 8.33. The van der Waals surface area contributed by atoms with Crippen molar-refractivity contribution in [1.82, 2.24) is 15.0 Å². The molecule has 12 heteroatoms. The van der Waals surface area contributed by atoms with Crippen molar-refractivity contribution in [2.24, 2.45) is 0 Å². The van der Waals surface area contributed by atoms with Crippen LogP contribution >= 0.6 is 24.2 Å². The lowest BCUT2D eigenvalue weighted by Gasteiger charge is -2.15. The Morgan fingerprint density at radius 2 is 1.41 bits per heavy atom. The molecule has 0 fully saturated rings. The van der Waals surface area contributed by atoms with E-state index in [9.17, 15) is 4.79 Å². The van der Waals surface area contributed by atoms with Gasteiger partial charge in [-0.25, -0.2) is 9.78 Å². The first kappa shape index (κ1) is 38.7. The number of amides is 1. The number of rotatable bonds is 13. The van der Waals surface area contributed by atoms with Gasteiger partial charge in [0.05, 0.1) is 50.3 Å². The van der Waals surface area contributed by atoms with Gasteiger partial charge in [0, 0.05) is 27.8 Å². The maximum absolute atomic E-state index is 11.2. The number of nitrogens with one attached hydrogen (secondary N) is 2.